The Balaban J connectivity index is 1.44. The summed E-state index contributed by atoms with van der Waals surface area (Å²) in [5.74, 6) is 2.47. The average Bonchev–Trinajstić information content (AvgIpc) is 2.78. The largest absolute Gasteiger partial charge is 0.497 e. The topological polar surface area (TPSA) is 94.6 Å². The molecule has 0 fully saturated rings. The lowest BCUT2D eigenvalue weighted by molar-refractivity contribution is 0.102. The molecular formula is C21H22N4O4. The Morgan fingerprint density at radius 3 is 2.03 bits per heavy atom. The molecule has 0 bridgehead atoms. The number of ether oxygens (including phenoxy) is 3. The van der Waals surface area contributed by atoms with Crippen molar-refractivity contribution < 1.29 is 19.0 Å². The first-order valence-corrected chi connectivity index (χ1v) is 8.98. The minimum Gasteiger partial charge on any atom is -0.497 e. The fourth-order valence-corrected chi connectivity index (χ4v) is 2.44. The Morgan fingerprint density at radius 1 is 0.828 bits per heavy atom. The van der Waals surface area contributed by atoms with Crippen molar-refractivity contribution in [3.05, 3.63) is 66.4 Å². The summed E-state index contributed by atoms with van der Waals surface area (Å²) in [7, 11) is 3.21. The molecule has 0 unspecified atom stereocenters. The van der Waals surface area contributed by atoms with Gasteiger partial charge in [-0.15, -0.1) is 10.2 Å². The fourth-order valence-electron chi connectivity index (χ4n) is 2.44. The molecule has 0 atom stereocenters. The van der Waals surface area contributed by atoms with Gasteiger partial charge in [-0.05, 0) is 60.7 Å². The summed E-state index contributed by atoms with van der Waals surface area (Å²) in [6, 6.07) is 17.7. The molecule has 8 heteroatoms. The van der Waals surface area contributed by atoms with Crippen LogP contribution < -0.4 is 24.8 Å². The van der Waals surface area contributed by atoms with Crippen LogP contribution in [0.1, 0.15) is 10.5 Å². The Bertz CT molecular complexity index is 913. The molecule has 29 heavy (non-hydrogen) atoms. The number of hydrogen-bond donors (Lipinski definition) is 2. The van der Waals surface area contributed by atoms with Crippen molar-refractivity contribution in [1.82, 2.24) is 10.2 Å². The number of nitrogens with zero attached hydrogens (tertiary/aromatic N) is 2. The third-order valence-corrected chi connectivity index (χ3v) is 3.98. The van der Waals surface area contributed by atoms with E-state index in [2.05, 4.69) is 20.8 Å². The zero-order valence-electron chi connectivity index (χ0n) is 16.2. The second-order valence-electron chi connectivity index (χ2n) is 5.94. The number of nitrogens with one attached hydrogen (secondary N) is 2. The molecule has 2 aromatic carbocycles. The van der Waals surface area contributed by atoms with Gasteiger partial charge < -0.3 is 24.8 Å². The normalized spacial score (nSPS) is 10.1. The van der Waals surface area contributed by atoms with Gasteiger partial charge in [-0.3, -0.25) is 4.79 Å². The first-order chi connectivity index (χ1) is 14.2. The van der Waals surface area contributed by atoms with Crippen molar-refractivity contribution in [3.63, 3.8) is 0 Å². The number of methoxy groups -OCH3 is 2. The number of hydrogen-bond acceptors (Lipinski definition) is 7. The molecular weight excluding hydrogens is 372 g/mol. The molecule has 0 saturated heterocycles. The van der Waals surface area contributed by atoms with Crippen LogP contribution in [0.25, 0.3) is 0 Å². The van der Waals surface area contributed by atoms with Crippen LogP contribution in [0.15, 0.2) is 60.7 Å². The highest BCUT2D eigenvalue weighted by atomic mass is 16.5. The van der Waals surface area contributed by atoms with Crippen molar-refractivity contribution >= 4 is 17.4 Å². The molecule has 0 radical (unpaired) electrons. The van der Waals surface area contributed by atoms with E-state index in [1.165, 1.54) is 0 Å². The zero-order chi connectivity index (χ0) is 20.5. The van der Waals surface area contributed by atoms with Crippen molar-refractivity contribution in [2.75, 3.05) is 38.0 Å². The maximum atomic E-state index is 12.2. The number of aromatic nitrogens is 2. The highest BCUT2D eigenvalue weighted by molar-refractivity contribution is 6.02. The van der Waals surface area contributed by atoms with Crippen molar-refractivity contribution in [2.45, 2.75) is 0 Å². The summed E-state index contributed by atoms with van der Waals surface area (Å²) >= 11 is 0. The molecule has 1 amide bonds. The molecule has 0 aliphatic heterocycles. The maximum absolute atomic E-state index is 12.2. The molecule has 3 rings (SSSR count). The number of rotatable bonds is 9. The maximum Gasteiger partial charge on any atom is 0.276 e. The number of carbonyl (C=O) groups is 1. The van der Waals surface area contributed by atoms with Crippen LogP contribution in [0.3, 0.4) is 0 Å². The molecule has 0 aliphatic rings. The lowest BCUT2D eigenvalue weighted by atomic mass is 10.3. The first-order valence-electron chi connectivity index (χ1n) is 8.98. The van der Waals surface area contributed by atoms with E-state index in [9.17, 15) is 4.79 Å². The van der Waals surface area contributed by atoms with Crippen molar-refractivity contribution in [1.29, 1.82) is 0 Å². The third-order valence-electron chi connectivity index (χ3n) is 3.98. The van der Waals surface area contributed by atoms with E-state index in [4.69, 9.17) is 14.2 Å². The Labute approximate surface area is 168 Å². The van der Waals surface area contributed by atoms with Crippen molar-refractivity contribution in [2.24, 2.45) is 0 Å². The van der Waals surface area contributed by atoms with Crippen LogP contribution in [-0.2, 0) is 0 Å². The minimum atomic E-state index is -0.336. The van der Waals surface area contributed by atoms with E-state index in [0.29, 0.717) is 30.4 Å². The molecule has 1 heterocycles. The molecule has 1 aromatic heterocycles. The summed E-state index contributed by atoms with van der Waals surface area (Å²) in [4.78, 5) is 12.2. The van der Waals surface area contributed by atoms with Crippen LogP contribution in [0.4, 0.5) is 11.5 Å². The minimum absolute atomic E-state index is 0.223. The number of anilines is 2. The molecule has 3 aromatic rings. The molecule has 0 spiro atoms. The van der Waals surface area contributed by atoms with Gasteiger partial charge >= 0.3 is 0 Å². The molecule has 0 saturated carbocycles. The van der Waals surface area contributed by atoms with E-state index in [1.807, 2.05) is 24.3 Å². The molecule has 2 N–H and O–H groups in total. The lowest BCUT2D eigenvalue weighted by Crippen LogP contribution is -2.16. The predicted octanol–water partition coefficient (Wildman–Crippen LogP) is 3.24. The van der Waals surface area contributed by atoms with Crippen LogP contribution in [0.5, 0.6) is 17.2 Å². The highest BCUT2D eigenvalue weighted by Gasteiger charge is 2.09. The number of amides is 1. The standard InChI is InChI=1S/C21H22N4O4/c1-27-16-5-3-15(4-6-16)23-21(26)19-11-12-20(25-24-19)22-13-14-29-18-9-7-17(28-2)8-10-18/h3-12H,13-14H2,1-2H3,(H,22,25)(H,23,26). The molecule has 8 nitrogen and oxygen atoms in total. The SMILES string of the molecule is COc1ccc(NC(=O)c2ccc(NCCOc3ccc(OC)cc3)nn2)cc1. The smallest absolute Gasteiger partial charge is 0.276 e. The second-order valence-corrected chi connectivity index (χ2v) is 5.94. The van der Waals surface area contributed by atoms with Gasteiger partial charge in [0.05, 0.1) is 20.8 Å². The van der Waals surface area contributed by atoms with E-state index < -0.39 is 0 Å². The van der Waals surface area contributed by atoms with Gasteiger partial charge in [-0.25, -0.2) is 0 Å². The van der Waals surface area contributed by atoms with Crippen LogP contribution >= 0.6 is 0 Å². The van der Waals surface area contributed by atoms with E-state index in [1.54, 1.807) is 50.6 Å². The Kier molecular flexibility index (Phi) is 6.83. The second kappa shape index (κ2) is 9.93. The summed E-state index contributed by atoms with van der Waals surface area (Å²) in [6.07, 6.45) is 0. The summed E-state index contributed by atoms with van der Waals surface area (Å²) < 4.78 is 15.8. The fraction of sp³-hybridized carbons (Fsp3) is 0.190. The monoisotopic (exact) mass is 394 g/mol. The van der Waals surface area contributed by atoms with Gasteiger partial charge in [0.1, 0.15) is 29.7 Å². The third kappa shape index (κ3) is 5.83. The number of benzene rings is 2. The van der Waals surface area contributed by atoms with E-state index in [-0.39, 0.29) is 11.6 Å². The van der Waals surface area contributed by atoms with Crippen molar-refractivity contribution in [3.8, 4) is 17.2 Å². The van der Waals surface area contributed by atoms with Gasteiger partial charge in [-0.2, -0.15) is 0 Å². The Morgan fingerprint density at radius 2 is 1.45 bits per heavy atom. The first kappa shape index (κ1) is 19.9. The van der Waals surface area contributed by atoms with Crippen LogP contribution in [0, 0.1) is 0 Å². The molecule has 150 valence electrons. The number of carbonyl (C=O) groups excluding carboxylic acids is 1. The van der Waals surface area contributed by atoms with Gasteiger partial charge in [0.2, 0.25) is 0 Å². The molecule has 0 aliphatic carbocycles. The van der Waals surface area contributed by atoms with Gasteiger partial charge in [0.15, 0.2) is 5.69 Å². The van der Waals surface area contributed by atoms with Gasteiger partial charge in [0.25, 0.3) is 5.91 Å². The predicted molar refractivity (Wildman–Crippen MR) is 110 cm³/mol. The van der Waals surface area contributed by atoms with E-state index in [0.717, 1.165) is 11.5 Å². The Hall–Kier alpha value is -3.81. The van der Waals surface area contributed by atoms with Crippen LogP contribution in [-0.4, -0.2) is 43.5 Å². The van der Waals surface area contributed by atoms with E-state index >= 15 is 0 Å². The highest BCUT2D eigenvalue weighted by Crippen LogP contribution is 2.17. The van der Waals surface area contributed by atoms with Gasteiger partial charge in [0, 0.05) is 5.69 Å². The van der Waals surface area contributed by atoms with Gasteiger partial charge in [-0.1, -0.05) is 0 Å². The summed E-state index contributed by atoms with van der Waals surface area (Å²) in [5.41, 5.74) is 0.872. The quantitative estimate of drug-likeness (QED) is 0.538. The zero-order valence-corrected chi connectivity index (χ0v) is 16.2. The summed E-state index contributed by atoms with van der Waals surface area (Å²) in [5, 5.41) is 13.8. The van der Waals surface area contributed by atoms with Crippen LogP contribution in [0.2, 0.25) is 0 Å². The lowest BCUT2D eigenvalue weighted by Gasteiger charge is -2.09. The average molecular weight is 394 g/mol. The summed E-state index contributed by atoms with van der Waals surface area (Å²) in [6.45, 7) is 0.992.